The van der Waals surface area contributed by atoms with Crippen molar-refractivity contribution in [1.29, 1.82) is 0 Å². The highest BCUT2D eigenvalue weighted by Gasteiger charge is 2.35. The number of rotatable bonds is 11. The molecule has 1 aromatic carbocycles. The lowest BCUT2D eigenvalue weighted by Crippen LogP contribution is -2.36. The van der Waals surface area contributed by atoms with Gasteiger partial charge in [-0.15, -0.1) is 0 Å². The molecule has 0 spiro atoms. The topological polar surface area (TPSA) is 138 Å². The van der Waals surface area contributed by atoms with E-state index in [1.165, 1.54) is 0 Å². The van der Waals surface area contributed by atoms with Crippen LogP contribution in [0.25, 0.3) is 5.70 Å². The number of aliphatic carboxylic acids is 1. The van der Waals surface area contributed by atoms with Crippen molar-refractivity contribution in [2.75, 3.05) is 17.7 Å². The Kier molecular flexibility index (Phi) is 9.63. The Hall–Kier alpha value is -3.66. The third kappa shape index (κ3) is 7.17. The van der Waals surface area contributed by atoms with Crippen molar-refractivity contribution in [2.24, 2.45) is 11.8 Å². The summed E-state index contributed by atoms with van der Waals surface area (Å²) in [5.41, 5.74) is 9.36. The summed E-state index contributed by atoms with van der Waals surface area (Å²) in [5.74, 6) is -1.27. The van der Waals surface area contributed by atoms with Gasteiger partial charge in [0.25, 0.3) is 0 Å². The number of anilines is 2. The van der Waals surface area contributed by atoms with Gasteiger partial charge in [0.1, 0.15) is 0 Å². The molecule has 1 aromatic heterocycles. The van der Waals surface area contributed by atoms with Crippen LogP contribution in [0.2, 0.25) is 0 Å². The summed E-state index contributed by atoms with van der Waals surface area (Å²) < 4.78 is 5.65. The lowest BCUT2D eigenvalue weighted by molar-refractivity contribution is -0.147. The second-order valence-corrected chi connectivity index (χ2v) is 9.02. The maximum Gasteiger partial charge on any atom is 0.307 e. The van der Waals surface area contributed by atoms with Gasteiger partial charge in [0, 0.05) is 24.0 Å². The number of amides is 1. The molecule has 1 heterocycles. The summed E-state index contributed by atoms with van der Waals surface area (Å²) in [5, 5.41) is 15.7. The minimum atomic E-state index is -0.899. The number of aromatic nitrogens is 2. The molecule has 2 unspecified atom stereocenters. The van der Waals surface area contributed by atoms with Gasteiger partial charge < -0.3 is 25.9 Å². The summed E-state index contributed by atoms with van der Waals surface area (Å²) in [4.78, 5) is 33.1. The van der Waals surface area contributed by atoms with E-state index in [9.17, 15) is 14.7 Å². The molecule has 1 saturated carbocycles. The molecule has 0 bridgehead atoms. The van der Waals surface area contributed by atoms with Crippen LogP contribution in [0.3, 0.4) is 0 Å². The lowest BCUT2D eigenvalue weighted by atomic mass is 9.78. The predicted molar refractivity (Wildman–Crippen MR) is 139 cm³/mol. The van der Waals surface area contributed by atoms with Gasteiger partial charge in [-0.1, -0.05) is 31.9 Å². The first-order valence-electron chi connectivity index (χ1n) is 12.4. The standard InChI is InChI=1S/C26H36N6O4/c1-5-21(30-22-14-28-15-23(31-22)36-16(2)3)24(32-27-4)17-10-12-18(13-11-17)29-25(33)19-8-6-7-9-20(19)26(34)35/h10-16,19-20,27,32H,5-9H2,1-4H3,(H,29,33)(H,30,31)(H,34,35)/b24-21+. The van der Waals surface area contributed by atoms with E-state index in [-0.39, 0.29) is 12.0 Å². The van der Waals surface area contributed by atoms with Gasteiger partial charge in [-0.3, -0.25) is 14.6 Å². The number of hydrazine groups is 1. The van der Waals surface area contributed by atoms with Gasteiger partial charge in [0.15, 0.2) is 5.82 Å². The minimum absolute atomic E-state index is 0.00983. The zero-order valence-corrected chi connectivity index (χ0v) is 21.3. The fraction of sp³-hybridized carbons (Fsp3) is 0.462. The molecule has 1 aliphatic carbocycles. The average Bonchev–Trinajstić information content (AvgIpc) is 2.86. The fourth-order valence-electron chi connectivity index (χ4n) is 4.33. The van der Waals surface area contributed by atoms with Crippen LogP contribution >= 0.6 is 0 Å². The monoisotopic (exact) mass is 496 g/mol. The summed E-state index contributed by atoms with van der Waals surface area (Å²) in [6.45, 7) is 5.89. The molecule has 36 heavy (non-hydrogen) atoms. The number of carbonyl (C=O) groups is 2. The van der Waals surface area contributed by atoms with Gasteiger partial charge in [-0.2, -0.15) is 4.98 Å². The Morgan fingerprint density at radius 3 is 2.39 bits per heavy atom. The quantitative estimate of drug-likeness (QED) is 0.292. The van der Waals surface area contributed by atoms with E-state index in [4.69, 9.17) is 4.74 Å². The highest BCUT2D eigenvalue weighted by Crippen LogP contribution is 2.31. The number of hydrogen-bond acceptors (Lipinski definition) is 8. The number of ether oxygens (including phenoxy) is 1. The van der Waals surface area contributed by atoms with Crippen molar-refractivity contribution >= 4 is 29.1 Å². The molecule has 2 atom stereocenters. The minimum Gasteiger partial charge on any atom is -0.481 e. The molecule has 5 N–H and O–H groups in total. The van der Waals surface area contributed by atoms with Crippen LogP contribution in [-0.2, 0) is 9.59 Å². The molecule has 0 radical (unpaired) electrons. The van der Waals surface area contributed by atoms with Crippen LogP contribution in [0.4, 0.5) is 11.5 Å². The number of allylic oxidation sites excluding steroid dienone is 1. The van der Waals surface area contributed by atoms with Crippen LogP contribution in [-0.4, -0.2) is 40.1 Å². The zero-order valence-electron chi connectivity index (χ0n) is 21.3. The maximum absolute atomic E-state index is 12.8. The molecule has 10 nitrogen and oxygen atoms in total. The largest absolute Gasteiger partial charge is 0.481 e. The van der Waals surface area contributed by atoms with E-state index in [0.29, 0.717) is 36.6 Å². The van der Waals surface area contributed by atoms with Crippen molar-refractivity contribution in [3.8, 4) is 5.88 Å². The Labute approximate surface area is 211 Å². The summed E-state index contributed by atoms with van der Waals surface area (Å²) in [6.07, 6.45) is 6.73. The van der Waals surface area contributed by atoms with Crippen molar-refractivity contribution < 1.29 is 19.4 Å². The molecule has 0 saturated heterocycles. The van der Waals surface area contributed by atoms with E-state index < -0.39 is 17.8 Å². The van der Waals surface area contributed by atoms with Gasteiger partial charge in [0.05, 0.1) is 36.0 Å². The van der Waals surface area contributed by atoms with Crippen LogP contribution in [0.5, 0.6) is 5.88 Å². The van der Waals surface area contributed by atoms with E-state index in [1.54, 1.807) is 19.4 Å². The van der Waals surface area contributed by atoms with Crippen molar-refractivity contribution in [2.45, 2.75) is 59.0 Å². The zero-order chi connectivity index (χ0) is 26.1. The van der Waals surface area contributed by atoms with Crippen LogP contribution in [0.15, 0.2) is 42.4 Å². The second kappa shape index (κ2) is 12.9. The van der Waals surface area contributed by atoms with E-state index in [1.807, 2.05) is 45.0 Å². The number of hydrogen-bond donors (Lipinski definition) is 5. The maximum atomic E-state index is 12.8. The first kappa shape index (κ1) is 26.9. The molecular formula is C26H36N6O4. The van der Waals surface area contributed by atoms with E-state index >= 15 is 0 Å². The first-order chi connectivity index (χ1) is 17.3. The summed E-state index contributed by atoms with van der Waals surface area (Å²) in [7, 11) is 1.78. The van der Waals surface area contributed by atoms with Crippen molar-refractivity contribution in [3.63, 3.8) is 0 Å². The van der Waals surface area contributed by atoms with Gasteiger partial charge in [-0.05, 0) is 45.2 Å². The van der Waals surface area contributed by atoms with Gasteiger partial charge >= 0.3 is 5.97 Å². The molecule has 1 amide bonds. The van der Waals surface area contributed by atoms with Crippen molar-refractivity contribution in [3.05, 3.63) is 47.9 Å². The Balaban J connectivity index is 1.78. The van der Waals surface area contributed by atoms with Gasteiger partial charge in [-0.25, -0.2) is 5.43 Å². The Bertz CT molecular complexity index is 1070. The van der Waals surface area contributed by atoms with Gasteiger partial charge in [0.2, 0.25) is 11.8 Å². The third-order valence-electron chi connectivity index (χ3n) is 6.01. The number of carboxylic acids is 1. The molecule has 194 valence electrons. The lowest BCUT2D eigenvalue weighted by Gasteiger charge is -2.27. The molecular weight excluding hydrogens is 460 g/mol. The third-order valence-corrected chi connectivity index (χ3v) is 6.01. The highest BCUT2D eigenvalue weighted by molar-refractivity contribution is 5.95. The number of benzene rings is 1. The summed E-state index contributed by atoms with van der Waals surface area (Å²) >= 11 is 0. The van der Waals surface area contributed by atoms with Crippen LogP contribution < -0.4 is 26.2 Å². The predicted octanol–water partition coefficient (Wildman–Crippen LogP) is 4.01. The molecule has 10 heteroatoms. The number of carboxylic acid groups (broad SMARTS) is 1. The smallest absolute Gasteiger partial charge is 0.307 e. The number of nitrogens with zero attached hydrogens (tertiary/aromatic N) is 2. The Morgan fingerprint density at radius 2 is 1.78 bits per heavy atom. The number of carbonyl (C=O) groups excluding carboxylic acids is 1. The fourth-order valence-corrected chi connectivity index (χ4v) is 4.33. The van der Waals surface area contributed by atoms with E-state index in [0.717, 1.165) is 29.8 Å². The molecule has 1 aliphatic rings. The normalized spacial score (nSPS) is 18.2. The summed E-state index contributed by atoms with van der Waals surface area (Å²) in [6, 6.07) is 7.42. The van der Waals surface area contributed by atoms with Crippen LogP contribution in [0, 0.1) is 11.8 Å². The first-order valence-corrected chi connectivity index (χ1v) is 12.4. The molecule has 3 rings (SSSR count). The second-order valence-electron chi connectivity index (χ2n) is 9.02. The molecule has 2 aromatic rings. The number of nitrogens with one attached hydrogen (secondary N) is 4. The Morgan fingerprint density at radius 1 is 1.08 bits per heavy atom. The van der Waals surface area contributed by atoms with Crippen LogP contribution in [0.1, 0.15) is 58.4 Å². The van der Waals surface area contributed by atoms with E-state index in [2.05, 4.69) is 31.5 Å². The average molecular weight is 497 g/mol. The SMILES string of the molecule is CC/C(Nc1cncc(OC(C)C)n1)=C(\NNC)c1ccc(NC(=O)C2CCCCC2C(=O)O)cc1. The molecule has 0 aliphatic heterocycles. The highest BCUT2D eigenvalue weighted by atomic mass is 16.5. The van der Waals surface area contributed by atoms with Crippen molar-refractivity contribution in [1.82, 2.24) is 20.8 Å². The molecule has 1 fully saturated rings.